The second kappa shape index (κ2) is 9.15. The number of nitrogens with one attached hydrogen (secondary N) is 1. The van der Waals surface area contributed by atoms with Crippen LogP contribution in [0.3, 0.4) is 0 Å². The zero-order valence-electron chi connectivity index (χ0n) is 10.7. The molecule has 0 aliphatic rings. The van der Waals surface area contributed by atoms with Gasteiger partial charge in [-0.15, -0.1) is 6.58 Å². The Morgan fingerprint density at radius 3 is 2.65 bits per heavy atom. The van der Waals surface area contributed by atoms with Crippen molar-refractivity contribution in [2.45, 2.75) is 32.8 Å². The topological polar surface area (TPSA) is 84.6 Å². The number of nitrogens with two attached hydrogens (primary N) is 1. The van der Waals surface area contributed by atoms with Crippen molar-refractivity contribution in [1.82, 2.24) is 5.43 Å². The van der Waals surface area contributed by atoms with Gasteiger partial charge in [-0.05, 0) is 18.8 Å². The molecule has 0 aromatic rings. The Labute approximate surface area is 103 Å². The van der Waals surface area contributed by atoms with Gasteiger partial charge in [0.1, 0.15) is 0 Å². The van der Waals surface area contributed by atoms with E-state index in [9.17, 15) is 9.90 Å². The molecule has 5 nitrogen and oxygen atoms in total. The van der Waals surface area contributed by atoms with Crippen LogP contribution in [0.5, 0.6) is 0 Å². The Kier molecular flexibility index (Phi) is 8.66. The smallest absolute Gasteiger partial charge is 0.237 e. The second-order valence-electron chi connectivity index (χ2n) is 4.55. The highest BCUT2D eigenvalue weighted by Gasteiger charge is 2.20. The maximum Gasteiger partial charge on any atom is 0.237 e. The fraction of sp³-hybridized carbons (Fsp3) is 0.750. The Morgan fingerprint density at radius 2 is 2.18 bits per heavy atom. The van der Waals surface area contributed by atoms with Crippen LogP contribution in [0.25, 0.3) is 0 Å². The van der Waals surface area contributed by atoms with Gasteiger partial charge in [-0.1, -0.05) is 19.9 Å². The summed E-state index contributed by atoms with van der Waals surface area (Å²) >= 11 is 0. The van der Waals surface area contributed by atoms with Crippen LogP contribution < -0.4 is 11.3 Å². The molecule has 0 bridgehead atoms. The fourth-order valence-corrected chi connectivity index (χ4v) is 1.47. The first kappa shape index (κ1) is 16.1. The molecule has 0 rings (SSSR count). The predicted molar refractivity (Wildman–Crippen MR) is 66.9 cm³/mol. The predicted octanol–water partition coefficient (Wildman–Crippen LogP) is 0.592. The van der Waals surface area contributed by atoms with Gasteiger partial charge in [0.05, 0.1) is 12.7 Å². The molecule has 0 unspecified atom stereocenters. The van der Waals surface area contributed by atoms with E-state index in [2.05, 4.69) is 12.0 Å². The number of aliphatic hydroxyl groups excluding tert-OH is 1. The lowest BCUT2D eigenvalue weighted by Crippen LogP contribution is -2.37. The summed E-state index contributed by atoms with van der Waals surface area (Å²) in [6.45, 7) is 8.49. The Morgan fingerprint density at radius 1 is 1.53 bits per heavy atom. The van der Waals surface area contributed by atoms with E-state index in [4.69, 9.17) is 10.6 Å². The lowest BCUT2D eigenvalue weighted by molar-refractivity contribution is -0.126. The van der Waals surface area contributed by atoms with Gasteiger partial charge in [-0.25, -0.2) is 5.84 Å². The molecular formula is C12H24N2O3. The monoisotopic (exact) mass is 244 g/mol. The minimum absolute atomic E-state index is 0.240. The summed E-state index contributed by atoms with van der Waals surface area (Å²) < 4.78 is 5.31. The first-order valence-electron chi connectivity index (χ1n) is 5.88. The van der Waals surface area contributed by atoms with Crippen LogP contribution in [-0.4, -0.2) is 30.3 Å². The molecule has 0 radical (unpaired) electrons. The summed E-state index contributed by atoms with van der Waals surface area (Å²) in [5.41, 5.74) is 2.09. The van der Waals surface area contributed by atoms with Crippen molar-refractivity contribution in [3.8, 4) is 0 Å². The summed E-state index contributed by atoms with van der Waals surface area (Å²) in [5, 5.41) is 9.72. The van der Waals surface area contributed by atoms with Crippen LogP contribution in [0.4, 0.5) is 0 Å². The van der Waals surface area contributed by atoms with Gasteiger partial charge in [0, 0.05) is 12.5 Å². The summed E-state index contributed by atoms with van der Waals surface area (Å²) in [6, 6.07) is 0. The van der Waals surface area contributed by atoms with Crippen molar-refractivity contribution < 1.29 is 14.6 Å². The highest BCUT2D eigenvalue weighted by Crippen LogP contribution is 2.12. The Bertz CT molecular complexity index is 232. The second-order valence-corrected chi connectivity index (χ2v) is 4.55. The number of rotatable bonds is 9. The number of hydrazine groups is 1. The first-order valence-corrected chi connectivity index (χ1v) is 5.88. The summed E-state index contributed by atoms with van der Waals surface area (Å²) in [6.07, 6.45) is 1.80. The van der Waals surface area contributed by atoms with Crippen molar-refractivity contribution in [2.24, 2.45) is 17.7 Å². The normalized spacial score (nSPS) is 14.4. The number of carbonyl (C=O) groups excluding carboxylic acids is 1. The van der Waals surface area contributed by atoms with Crippen LogP contribution in [0.1, 0.15) is 26.7 Å². The van der Waals surface area contributed by atoms with Crippen LogP contribution >= 0.6 is 0 Å². The third kappa shape index (κ3) is 7.90. The van der Waals surface area contributed by atoms with Gasteiger partial charge >= 0.3 is 0 Å². The molecular weight excluding hydrogens is 220 g/mol. The molecule has 0 spiro atoms. The fourth-order valence-electron chi connectivity index (χ4n) is 1.47. The third-order valence-electron chi connectivity index (χ3n) is 2.28. The molecule has 0 heterocycles. The van der Waals surface area contributed by atoms with E-state index in [1.54, 1.807) is 6.08 Å². The van der Waals surface area contributed by atoms with Crippen molar-refractivity contribution in [2.75, 3.05) is 13.2 Å². The number of hydrogen-bond donors (Lipinski definition) is 3. The summed E-state index contributed by atoms with van der Waals surface area (Å²) in [5.74, 6) is 4.87. The van der Waals surface area contributed by atoms with Crippen LogP contribution in [0.15, 0.2) is 12.7 Å². The molecule has 0 saturated heterocycles. The zero-order chi connectivity index (χ0) is 13.3. The Balaban J connectivity index is 3.98. The average molecular weight is 244 g/mol. The number of amides is 1. The van der Waals surface area contributed by atoms with Gasteiger partial charge in [0.2, 0.25) is 5.91 Å². The molecule has 5 heteroatoms. The van der Waals surface area contributed by atoms with E-state index < -0.39 is 6.10 Å². The standard InChI is InChI=1S/C12H24N2O3/c1-4-5-10(12(16)14-13)6-11(15)8-17-7-9(2)3/h4,9-11,15H,1,5-8,13H2,2-3H3,(H,14,16)/t10-,11+/m1/s1. The van der Waals surface area contributed by atoms with E-state index in [-0.39, 0.29) is 18.4 Å². The van der Waals surface area contributed by atoms with E-state index in [1.165, 1.54) is 0 Å². The van der Waals surface area contributed by atoms with Crippen molar-refractivity contribution in [3.05, 3.63) is 12.7 Å². The van der Waals surface area contributed by atoms with Gasteiger partial charge in [0.25, 0.3) is 0 Å². The number of hydrogen-bond acceptors (Lipinski definition) is 4. The molecule has 17 heavy (non-hydrogen) atoms. The molecule has 100 valence electrons. The van der Waals surface area contributed by atoms with Crippen molar-refractivity contribution in [3.63, 3.8) is 0 Å². The number of carbonyl (C=O) groups is 1. The molecule has 0 aromatic heterocycles. The van der Waals surface area contributed by atoms with Crippen LogP contribution in [-0.2, 0) is 9.53 Å². The highest BCUT2D eigenvalue weighted by molar-refractivity contribution is 5.78. The zero-order valence-corrected chi connectivity index (χ0v) is 10.7. The minimum atomic E-state index is -0.656. The van der Waals surface area contributed by atoms with Gasteiger partial charge in [-0.2, -0.15) is 0 Å². The number of ether oxygens (including phenoxy) is 1. The highest BCUT2D eigenvalue weighted by atomic mass is 16.5. The van der Waals surface area contributed by atoms with Crippen LogP contribution in [0.2, 0.25) is 0 Å². The molecule has 0 fully saturated rings. The summed E-state index contributed by atoms with van der Waals surface area (Å²) in [4.78, 5) is 11.4. The van der Waals surface area contributed by atoms with Gasteiger partial charge < -0.3 is 9.84 Å². The van der Waals surface area contributed by atoms with E-state index >= 15 is 0 Å². The van der Waals surface area contributed by atoms with E-state index in [0.717, 1.165) is 0 Å². The average Bonchev–Trinajstić information content (AvgIpc) is 2.27. The number of allylic oxidation sites excluding steroid dienone is 1. The van der Waals surface area contributed by atoms with Gasteiger partial charge in [-0.3, -0.25) is 10.2 Å². The molecule has 0 aliphatic carbocycles. The molecule has 4 N–H and O–H groups in total. The van der Waals surface area contributed by atoms with Gasteiger partial charge in [0.15, 0.2) is 0 Å². The molecule has 0 saturated carbocycles. The van der Waals surface area contributed by atoms with E-state index in [1.807, 2.05) is 13.8 Å². The molecule has 0 aliphatic heterocycles. The maximum absolute atomic E-state index is 11.4. The maximum atomic E-state index is 11.4. The van der Waals surface area contributed by atoms with E-state index in [0.29, 0.717) is 25.4 Å². The molecule has 0 aromatic carbocycles. The third-order valence-corrected chi connectivity index (χ3v) is 2.28. The Hall–Kier alpha value is -0.910. The molecule has 1 amide bonds. The number of aliphatic hydroxyl groups is 1. The van der Waals surface area contributed by atoms with Crippen molar-refractivity contribution >= 4 is 5.91 Å². The lowest BCUT2D eigenvalue weighted by atomic mass is 9.97. The lowest BCUT2D eigenvalue weighted by Gasteiger charge is -2.18. The van der Waals surface area contributed by atoms with Crippen molar-refractivity contribution in [1.29, 1.82) is 0 Å². The van der Waals surface area contributed by atoms with Crippen LogP contribution in [0, 0.1) is 11.8 Å². The quantitative estimate of drug-likeness (QED) is 0.240. The SMILES string of the molecule is C=CC[C@H](C[C@H](O)COCC(C)C)C(=O)NN. The summed E-state index contributed by atoms with van der Waals surface area (Å²) in [7, 11) is 0. The largest absolute Gasteiger partial charge is 0.391 e. The minimum Gasteiger partial charge on any atom is -0.391 e. The first-order chi connectivity index (χ1) is 8.01. The molecule has 2 atom stereocenters.